The van der Waals surface area contributed by atoms with Crippen LogP contribution in [0, 0.1) is 28.4 Å². The minimum absolute atomic E-state index is 0.0296. The Morgan fingerprint density at radius 3 is 2.60 bits per heavy atom. The highest BCUT2D eigenvalue weighted by Gasteiger charge is 2.17. The fourth-order valence-electron chi connectivity index (χ4n) is 1.72. The normalized spacial score (nSPS) is 9.80. The fourth-order valence-corrected chi connectivity index (χ4v) is 1.72. The van der Waals surface area contributed by atoms with E-state index in [0.29, 0.717) is 17.0 Å². The van der Waals surface area contributed by atoms with Gasteiger partial charge < -0.3 is 10.5 Å². The third kappa shape index (κ3) is 2.67. The lowest BCUT2D eigenvalue weighted by molar-refractivity contribution is -0.385. The zero-order chi connectivity index (χ0) is 14.7. The Hall–Kier alpha value is -3.07. The molecule has 0 amide bonds. The van der Waals surface area contributed by atoms with E-state index in [1.807, 2.05) is 6.07 Å². The molecule has 20 heavy (non-hydrogen) atoms. The molecule has 0 bridgehead atoms. The van der Waals surface area contributed by atoms with Crippen LogP contribution in [0.1, 0.15) is 11.1 Å². The number of nitrogens with zero attached hydrogens (tertiary/aromatic N) is 2. The van der Waals surface area contributed by atoms with Crippen molar-refractivity contribution in [2.24, 2.45) is 0 Å². The van der Waals surface area contributed by atoms with E-state index in [1.165, 1.54) is 18.2 Å². The van der Waals surface area contributed by atoms with E-state index in [2.05, 4.69) is 0 Å². The predicted octanol–water partition coefficient (Wildman–Crippen LogP) is 3.15. The van der Waals surface area contributed by atoms with Crippen LogP contribution in [0.25, 0.3) is 0 Å². The summed E-state index contributed by atoms with van der Waals surface area (Å²) in [5.74, 6) is 0.485. The molecule has 0 saturated heterocycles. The highest BCUT2D eigenvalue weighted by atomic mass is 16.6. The Kier molecular flexibility index (Phi) is 3.53. The predicted molar refractivity (Wildman–Crippen MR) is 73.5 cm³/mol. The van der Waals surface area contributed by atoms with Crippen molar-refractivity contribution in [3.05, 3.63) is 57.6 Å². The first-order valence-electron chi connectivity index (χ1n) is 5.74. The van der Waals surface area contributed by atoms with Crippen molar-refractivity contribution < 1.29 is 9.66 Å². The number of hydrogen-bond acceptors (Lipinski definition) is 5. The van der Waals surface area contributed by atoms with Gasteiger partial charge in [0.1, 0.15) is 5.75 Å². The van der Waals surface area contributed by atoms with Crippen molar-refractivity contribution in [2.75, 3.05) is 5.73 Å². The average molecular weight is 269 g/mol. The summed E-state index contributed by atoms with van der Waals surface area (Å²) in [6.07, 6.45) is 0. The SMILES string of the molecule is Cc1cc(N)ccc1Oc1cc(C#N)ccc1[N+](=O)[O-]. The number of nitriles is 1. The molecule has 100 valence electrons. The van der Waals surface area contributed by atoms with Crippen molar-refractivity contribution in [3.8, 4) is 17.6 Å². The molecule has 0 aliphatic carbocycles. The van der Waals surface area contributed by atoms with Gasteiger partial charge in [0.15, 0.2) is 0 Å². The maximum absolute atomic E-state index is 11.0. The number of nitro benzene ring substituents is 1. The van der Waals surface area contributed by atoms with E-state index in [-0.39, 0.29) is 11.4 Å². The Balaban J connectivity index is 2.46. The van der Waals surface area contributed by atoms with Crippen LogP contribution in [0.2, 0.25) is 0 Å². The van der Waals surface area contributed by atoms with Crippen LogP contribution in [0.4, 0.5) is 11.4 Å². The maximum Gasteiger partial charge on any atom is 0.311 e. The molecular weight excluding hydrogens is 258 g/mol. The number of nitrogen functional groups attached to an aromatic ring is 1. The van der Waals surface area contributed by atoms with Gasteiger partial charge in [-0.1, -0.05) is 0 Å². The second-order valence-electron chi connectivity index (χ2n) is 4.18. The van der Waals surface area contributed by atoms with Crippen LogP contribution in [0.5, 0.6) is 11.5 Å². The summed E-state index contributed by atoms with van der Waals surface area (Å²) >= 11 is 0. The van der Waals surface area contributed by atoms with Crippen molar-refractivity contribution in [2.45, 2.75) is 6.92 Å². The number of benzene rings is 2. The van der Waals surface area contributed by atoms with Crippen molar-refractivity contribution in [1.82, 2.24) is 0 Å². The van der Waals surface area contributed by atoms with E-state index >= 15 is 0 Å². The molecular formula is C14H11N3O3. The molecule has 0 fully saturated rings. The molecule has 2 aromatic rings. The molecule has 0 aromatic heterocycles. The summed E-state index contributed by atoms with van der Waals surface area (Å²) in [5, 5.41) is 19.8. The zero-order valence-electron chi connectivity index (χ0n) is 10.7. The van der Waals surface area contributed by atoms with Gasteiger partial charge in [0.25, 0.3) is 0 Å². The summed E-state index contributed by atoms with van der Waals surface area (Å²) in [4.78, 5) is 10.4. The molecule has 0 aliphatic rings. The molecule has 2 rings (SSSR count). The van der Waals surface area contributed by atoms with E-state index in [0.717, 1.165) is 5.56 Å². The van der Waals surface area contributed by atoms with E-state index in [9.17, 15) is 10.1 Å². The van der Waals surface area contributed by atoms with E-state index in [4.69, 9.17) is 15.7 Å². The van der Waals surface area contributed by atoms with Crippen LogP contribution in [-0.4, -0.2) is 4.92 Å². The van der Waals surface area contributed by atoms with Gasteiger partial charge in [0, 0.05) is 17.8 Å². The monoisotopic (exact) mass is 269 g/mol. The summed E-state index contributed by atoms with van der Waals surface area (Å²) in [6.45, 7) is 1.78. The quantitative estimate of drug-likeness (QED) is 0.523. The molecule has 0 aliphatic heterocycles. The van der Waals surface area contributed by atoms with Crippen LogP contribution in [0.3, 0.4) is 0 Å². The minimum Gasteiger partial charge on any atom is -0.450 e. The summed E-state index contributed by atoms with van der Waals surface area (Å²) in [5.41, 5.74) is 7.06. The first-order chi connectivity index (χ1) is 9.51. The van der Waals surface area contributed by atoms with Crippen molar-refractivity contribution in [1.29, 1.82) is 5.26 Å². The molecule has 6 nitrogen and oxygen atoms in total. The molecule has 6 heteroatoms. The lowest BCUT2D eigenvalue weighted by atomic mass is 10.2. The second-order valence-corrected chi connectivity index (χ2v) is 4.18. The summed E-state index contributed by atoms with van der Waals surface area (Å²) < 4.78 is 5.55. The number of nitrogens with two attached hydrogens (primary N) is 1. The first-order valence-corrected chi connectivity index (χ1v) is 5.74. The van der Waals surface area contributed by atoms with Gasteiger partial charge in [-0.2, -0.15) is 5.26 Å². The highest BCUT2D eigenvalue weighted by Crippen LogP contribution is 2.34. The fraction of sp³-hybridized carbons (Fsp3) is 0.0714. The molecule has 0 spiro atoms. The molecule has 0 atom stereocenters. The Labute approximate surface area is 115 Å². The third-order valence-electron chi connectivity index (χ3n) is 2.70. The van der Waals surface area contributed by atoms with E-state index < -0.39 is 4.92 Å². The zero-order valence-corrected chi connectivity index (χ0v) is 10.7. The number of hydrogen-bond donors (Lipinski definition) is 1. The minimum atomic E-state index is -0.552. The number of aryl methyl sites for hydroxylation is 1. The molecule has 2 N–H and O–H groups in total. The number of nitro groups is 1. The lowest BCUT2D eigenvalue weighted by Crippen LogP contribution is -1.96. The summed E-state index contributed by atoms with van der Waals surface area (Å²) in [6, 6.07) is 10.9. The lowest BCUT2D eigenvalue weighted by Gasteiger charge is -2.09. The van der Waals surface area contributed by atoms with Crippen LogP contribution >= 0.6 is 0 Å². The smallest absolute Gasteiger partial charge is 0.311 e. The molecule has 0 radical (unpaired) electrons. The Morgan fingerprint density at radius 1 is 1.25 bits per heavy atom. The first kappa shape index (κ1) is 13.4. The molecule has 2 aromatic carbocycles. The highest BCUT2D eigenvalue weighted by molar-refractivity contribution is 5.55. The second kappa shape index (κ2) is 5.28. The summed E-state index contributed by atoms with van der Waals surface area (Å²) in [7, 11) is 0. The van der Waals surface area contributed by atoms with Gasteiger partial charge in [-0.05, 0) is 36.8 Å². The molecule has 0 unspecified atom stereocenters. The topological polar surface area (TPSA) is 102 Å². The number of ether oxygens (including phenoxy) is 1. The van der Waals surface area contributed by atoms with Gasteiger partial charge in [-0.3, -0.25) is 10.1 Å². The van der Waals surface area contributed by atoms with Crippen molar-refractivity contribution >= 4 is 11.4 Å². The van der Waals surface area contributed by atoms with Gasteiger partial charge in [0.2, 0.25) is 5.75 Å². The van der Waals surface area contributed by atoms with Gasteiger partial charge >= 0.3 is 5.69 Å². The van der Waals surface area contributed by atoms with Gasteiger partial charge in [-0.15, -0.1) is 0 Å². The van der Waals surface area contributed by atoms with E-state index in [1.54, 1.807) is 25.1 Å². The van der Waals surface area contributed by atoms with Crippen LogP contribution < -0.4 is 10.5 Å². The molecule has 0 saturated carbocycles. The van der Waals surface area contributed by atoms with Crippen LogP contribution in [-0.2, 0) is 0 Å². The average Bonchev–Trinajstić information content (AvgIpc) is 2.41. The Morgan fingerprint density at radius 2 is 2.00 bits per heavy atom. The van der Waals surface area contributed by atoms with Crippen molar-refractivity contribution in [3.63, 3.8) is 0 Å². The molecule has 0 heterocycles. The maximum atomic E-state index is 11.0. The largest absolute Gasteiger partial charge is 0.450 e. The number of anilines is 1. The van der Waals surface area contributed by atoms with Gasteiger partial charge in [0.05, 0.1) is 16.6 Å². The Bertz CT molecular complexity index is 720. The van der Waals surface area contributed by atoms with Gasteiger partial charge in [-0.25, -0.2) is 0 Å². The number of rotatable bonds is 3. The standard InChI is InChI=1S/C14H11N3O3/c1-9-6-11(16)3-5-13(9)20-14-7-10(8-15)2-4-12(14)17(18)19/h2-7H,16H2,1H3. The third-order valence-corrected chi connectivity index (χ3v) is 2.70. The van der Waals surface area contributed by atoms with Crippen LogP contribution in [0.15, 0.2) is 36.4 Å².